The Hall–Kier alpha value is -2.18. The SMILES string of the molecule is CN=C(NCc1ccco1)NC1CN(C(=O)OC)C1. The molecule has 2 heterocycles. The van der Waals surface area contributed by atoms with Gasteiger partial charge in [0.15, 0.2) is 5.96 Å². The smallest absolute Gasteiger partial charge is 0.409 e. The quantitative estimate of drug-likeness (QED) is 0.611. The minimum atomic E-state index is -0.295. The van der Waals surface area contributed by atoms with E-state index in [1.165, 1.54) is 7.11 Å². The molecule has 7 heteroatoms. The van der Waals surface area contributed by atoms with E-state index < -0.39 is 0 Å². The van der Waals surface area contributed by atoms with Crippen molar-refractivity contribution in [3.05, 3.63) is 24.2 Å². The Morgan fingerprint density at radius 1 is 1.63 bits per heavy atom. The Bertz CT molecular complexity index is 438. The van der Waals surface area contributed by atoms with Crippen LogP contribution in [0.5, 0.6) is 0 Å². The summed E-state index contributed by atoms with van der Waals surface area (Å²) in [5.41, 5.74) is 0. The zero-order chi connectivity index (χ0) is 13.7. The summed E-state index contributed by atoms with van der Waals surface area (Å²) in [7, 11) is 3.08. The molecule has 1 saturated heterocycles. The number of aliphatic imine (C=N–C) groups is 1. The maximum Gasteiger partial charge on any atom is 0.409 e. The second kappa shape index (κ2) is 6.12. The van der Waals surface area contributed by atoms with E-state index in [1.54, 1.807) is 18.2 Å². The van der Waals surface area contributed by atoms with Crippen LogP contribution in [-0.2, 0) is 11.3 Å². The lowest BCUT2D eigenvalue weighted by atomic mass is 10.1. The van der Waals surface area contributed by atoms with Crippen molar-refractivity contribution in [2.45, 2.75) is 12.6 Å². The van der Waals surface area contributed by atoms with Crippen LogP contribution in [0.2, 0.25) is 0 Å². The second-order valence-corrected chi connectivity index (χ2v) is 4.22. The van der Waals surface area contributed by atoms with Gasteiger partial charge in [-0.25, -0.2) is 4.79 Å². The molecule has 1 aliphatic rings. The van der Waals surface area contributed by atoms with Crippen molar-refractivity contribution in [1.29, 1.82) is 0 Å². The molecule has 2 N–H and O–H groups in total. The zero-order valence-electron chi connectivity index (χ0n) is 11.0. The third-order valence-electron chi connectivity index (χ3n) is 2.89. The number of rotatable bonds is 3. The molecule has 7 nitrogen and oxygen atoms in total. The summed E-state index contributed by atoms with van der Waals surface area (Å²) < 4.78 is 9.85. The fraction of sp³-hybridized carbons (Fsp3) is 0.500. The Balaban J connectivity index is 1.71. The number of guanidine groups is 1. The van der Waals surface area contributed by atoms with Crippen molar-refractivity contribution in [1.82, 2.24) is 15.5 Å². The van der Waals surface area contributed by atoms with Gasteiger partial charge in [-0.05, 0) is 12.1 Å². The predicted octanol–water partition coefficient (Wildman–Crippen LogP) is 0.395. The molecule has 0 radical (unpaired) electrons. The Kier molecular flexibility index (Phi) is 4.27. The third-order valence-corrected chi connectivity index (χ3v) is 2.89. The summed E-state index contributed by atoms with van der Waals surface area (Å²) >= 11 is 0. The first-order valence-electron chi connectivity index (χ1n) is 6.05. The Labute approximate surface area is 111 Å². The van der Waals surface area contributed by atoms with Crippen LogP contribution < -0.4 is 10.6 Å². The van der Waals surface area contributed by atoms with Crippen LogP contribution in [0.15, 0.2) is 27.8 Å². The average Bonchev–Trinajstić information content (AvgIpc) is 2.89. The first-order chi connectivity index (χ1) is 9.22. The molecule has 0 aliphatic carbocycles. The van der Waals surface area contributed by atoms with Crippen molar-refractivity contribution < 1.29 is 13.9 Å². The fourth-order valence-corrected chi connectivity index (χ4v) is 1.82. The van der Waals surface area contributed by atoms with Crippen molar-refractivity contribution in [2.24, 2.45) is 4.99 Å². The van der Waals surface area contributed by atoms with Crippen LogP contribution in [-0.4, -0.2) is 50.2 Å². The summed E-state index contributed by atoms with van der Waals surface area (Å²) in [4.78, 5) is 16.9. The minimum absolute atomic E-state index is 0.196. The van der Waals surface area contributed by atoms with E-state index in [9.17, 15) is 4.79 Å². The van der Waals surface area contributed by atoms with Gasteiger partial charge < -0.3 is 24.7 Å². The van der Waals surface area contributed by atoms with Crippen LogP contribution >= 0.6 is 0 Å². The minimum Gasteiger partial charge on any atom is -0.467 e. The molecular weight excluding hydrogens is 248 g/mol. The van der Waals surface area contributed by atoms with E-state index in [2.05, 4.69) is 20.4 Å². The summed E-state index contributed by atoms with van der Waals surface area (Å²) in [6, 6.07) is 3.93. The maximum atomic E-state index is 11.2. The molecule has 2 rings (SSSR count). The van der Waals surface area contributed by atoms with Crippen LogP contribution in [0.25, 0.3) is 0 Å². The first-order valence-corrected chi connectivity index (χ1v) is 6.05. The van der Waals surface area contributed by atoms with E-state index in [0.717, 1.165) is 5.76 Å². The van der Waals surface area contributed by atoms with Crippen molar-refractivity contribution >= 4 is 12.1 Å². The van der Waals surface area contributed by atoms with E-state index in [-0.39, 0.29) is 12.1 Å². The van der Waals surface area contributed by atoms with Gasteiger partial charge in [0, 0.05) is 20.1 Å². The Morgan fingerprint density at radius 3 is 3.00 bits per heavy atom. The molecular formula is C12H18N4O3. The van der Waals surface area contributed by atoms with Gasteiger partial charge in [0.25, 0.3) is 0 Å². The normalized spacial score (nSPS) is 15.9. The maximum absolute atomic E-state index is 11.2. The summed E-state index contributed by atoms with van der Waals surface area (Å²) in [6.07, 6.45) is 1.34. The standard InChI is InChI=1S/C12H18N4O3/c1-13-11(14-6-10-4-3-5-19-10)15-9-7-16(8-9)12(17)18-2/h3-5,9H,6-8H2,1-2H3,(H2,13,14,15). The predicted molar refractivity (Wildman–Crippen MR) is 69.8 cm³/mol. The monoisotopic (exact) mass is 266 g/mol. The van der Waals surface area contributed by atoms with Gasteiger partial charge in [0.2, 0.25) is 0 Å². The number of nitrogens with one attached hydrogen (secondary N) is 2. The lowest BCUT2D eigenvalue weighted by molar-refractivity contribution is 0.0847. The molecule has 1 aromatic heterocycles. The van der Waals surface area contributed by atoms with Gasteiger partial charge in [-0.3, -0.25) is 4.99 Å². The number of ether oxygens (including phenoxy) is 1. The number of carbonyl (C=O) groups excluding carboxylic acids is 1. The highest BCUT2D eigenvalue weighted by Gasteiger charge is 2.31. The van der Waals surface area contributed by atoms with Gasteiger partial charge in [-0.2, -0.15) is 0 Å². The number of likely N-dealkylation sites (tertiary alicyclic amines) is 1. The molecule has 0 unspecified atom stereocenters. The molecule has 0 spiro atoms. The molecule has 1 aromatic rings. The highest BCUT2D eigenvalue weighted by molar-refractivity contribution is 5.80. The average molecular weight is 266 g/mol. The molecule has 0 aromatic carbocycles. The Morgan fingerprint density at radius 2 is 2.42 bits per heavy atom. The molecule has 19 heavy (non-hydrogen) atoms. The largest absolute Gasteiger partial charge is 0.467 e. The number of furan rings is 1. The van der Waals surface area contributed by atoms with Gasteiger partial charge >= 0.3 is 6.09 Å². The van der Waals surface area contributed by atoms with Gasteiger partial charge in [-0.15, -0.1) is 0 Å². The lowest BCUT2D eigenvalue weighted by Crippen LogP contribution is -2.62. The highest BCUT2D eigenvalue weighted by Crippen LogP contribution is 2.08. The molecule has 0 bridgehead atoms. The molecule has 1 amide bonds. The summed E-state index contributed by atoms with van der Waals surface area (Å²) in [5, 5.41) is 6.36. The molecule has 1 fully saturated rings. The number of methoxy groups -OCH3 is 1. The van der Waals surface area contributed by atoms with E-state index in [1.807, 2.05) is 12.1 Å². The van der Waals surface area contributed by atoms with Gasteiger partial charge in [0.05, 0.1) is 26.0 Å². The molecule has 0 saturated carbocycles. The van der Waals surface area contributed by atoms with Crippen molar-refractivity contribution in [3.8, 4) is 0 Å². The number of amides is 1. The van der Waals surface area contributed by atoms with E-state index in [4.69, 9.17) is 4.42 Å². The van der Waals surface area contributed by atoms with Crippen molar-refractivity contribution in [2.75, 3.05) is 27.2 Å². The third kappa shape index (κ3) is 3.40. The number of nitrogens with zero attached hydrogens (tertiary/aromatic N) is 2. The van der Waals surface area contributed by atoms with Crippen LogP contribution in [0.4, 0.5) is 4.79 Å². The number of carbonyl (C=O) groups is 1. The lowest BCUT2D eigenvalue weighted by Gasteiger charge is -2.38. The van der Waals surface area contributed by atoms with Gasteiger partial charge in [0.1, 0.15) is 5.76 Å². The van der Waals surface area contributed by atoms with Gasteiger partial charge in [-0.1, -0.05) is 0 Å². The highest BCUT2D eigenvalue weighted by atomic mass is 16.5. The number of hydrogen-bond acceptors (Lipinski definition) is 4. The number of hydrogen-bond donors (Lipinski definition) is 2. The first kappa shape index (κ1) is 13.3. The van der Waals surface area contributed by atoms with E-state index in [0.29, 0.717) is 25.6 Å². The van der Waals surface area contributed by atoms with E-state index >= 15 is 0 Å². The second-order valence-electron chi connectivity index (χ2n) is 4.22. The molecule has 1 aliphatic heterocycles. The molecule has 104 valence electrons. The zero-order valence-corrected chi connectivity index (χ0v) is 11.0. The van der Waals surface area contributed by atoms with Crippen LogP contribution in [0, 0.1) is 0 Å². The fourth-order valence-electron chi connectivity index (χ4n) is 1.82. The summed E-state index contributed by atoms with van der Waals surface area (Å²) in [6.45, 7) is 1.81. The van der Waals surface area contributed by atoms with Crippen LogP contribution in [0.3, 0.4) is 0 Å². The molecule has 0 atom stereocenters. The van der Waals surface area contributed by atoms with Crippen LogP contribution in [0.1, 0.15) is 5.76 Å². The summed E-state index contributed by atoms with van der Waals surface area (Å²) in [5.74, 6) is 1.53. The topological polar surface area (TPSA) is 79.1 Å². The van der Waals surface area contributed by atoms with Crippen molar-refractivity contribution in [3.63, 3.8) is 0 Å².